The van der Waals surface area contributed by atoms with Crippen molar-refractivity contribution in [3.63, 3.8) is 0 Å². The molecule has 2 aromatic heterocycles. The molecule has 0 bridgehead atoms. The Hall–Kier alpha value is -3.32. The molecule has 0 aromatic carbocycles. The number of rotatable bonds is 6. The van der Waals surface area contributed by atoms with Gasteiger partial charge in [-0.3, -0.25) is 14.7 Å². The minimum atomic E-state index is -5.59. The molecular formula is C26H29F6N5O3. The SMILES string of the molecule is COc1cc(-c2cc(C(=O)N3CC[C@H](C(=O)NC4CCC(C(F)(F)C(F)(F)F)CC4)CC34CC4)[nH]n2)c(F)cn1. The van der Waals surface area contributed by atoms with Crippen LogP contribution in [-0.2, 0) is 4.79 Å². The molecule has 0 unspecified atom stereocenters. The first-order valence-corrected chi connectivity index (χ1v) is 13.2. The quantitative estimate of drug-likeness (QED) is 0.480. The molecule has 8 nitrogen and oxygen atoms in total. The Labute approximate surface area is 225 Å². The highest BCUT2D eigenvalue weighted by molar-refractivity contribution is 5.94. The van der Waals surface area contributed by atoms with E-state index >= 15 is 0 Å². The maximum absolute atomic E-state index is 14.3. The molecule has 40 heavy (non-hydrogen) atoms. The van der Waals surface area contributed by atoms with Crippen molar-refractivity contribution in [1.29, 1.82) is 0 Å². The first kappa shape index (κ1) is 28.2. The number of carbonyl (C=O) groups is 2. The summed E-state index contributed by atoms with van der Waals surface area (Å²) in [7, 11) is 1.40. The average molecular weight is 574 g/mol. The van der Waals surface area contributed by atoms with Gasteiger partial charge in [-0.25, -0.2) is 9.37 Å². The zero-order valence-corrected chi connectivity index (χ0v) is 21.7. The maximum atomic E-state index is 14.3. The predicted octanol–water partition coefficient (Wildman–Crippen LogP) is 4.88. The molecule has 14 heteroatoms. The highest BCUT2D eigenvalue weighted by atomic mass is 19.4. The summed E-state index contributed by atoms with van der Waals surface area (Å²) in [5, 5.41) is 9.59. The summed E-state index contributed by atoms with van der Waals surface area (Å²) in [6.45, 7) is 0.299. The second-order valence-electron chi connectivity index (χ2n) is 10.9. The molecule has 1 atom stereocenters. The molecule has 0 radical (unpaired) electrons. The number of carbonyl (C=O) groups excluding carboxylic acids is 2. The van der Waals surface area contributed by atoms with Gasteiger partial charge >= 0.3 is 12.1 Å². The number of piperidine rings is 1. The fraction of sp³-hybridized carbons (Fsp3) is 0.615. The number of alkyl halides is 5. The van der Waals surface area contributed by atoms with Gasteiger partial charge in [0.1, 0.15) is 5.69 Å². The molecule has 3 heterocycles. The third-order valence-corrected chi connectivity index (χ3v) is 8.43. The van der Waals surface area contributed by atoms with Gasteiger partial charge in [0, 0.05) is 41.6 Å². The van der Waals surface area contributed by atoms with Gasteiger partial charge in [0.25, 0.3) is 5.91 Å². The van der Waals surface area contributed by atoms with Crippen LogP contribution in [0, 0.1) is 17.7 Å². The van der Waals surface area contributed by atoms with Crippen molar-refractivity contribution in [3.8, 4) is 17.1 Å². The molecule has 218 valence electrons. The Morgan fingerprint density at radius 1 is 1.10 bits per heavy atom. The Morgan fingerprint density at radius 3 is 2.42 bits per heavy atom. The van der Waals surface area contributed by atoms with Gasteiger partial charge in [0.15, 0.2) is 5.82 Å². The normalized spacial score (nSPS) is 24.6. The molecule has 2 N–H and O–H groups in total. The van der Waals surface area contributed by atoms with Crippen LogP contribution in [0.4, 0.5) is 26.3 Å². The van der Waals surface area contributed by atoms with Crippen molar-refractivity contribution >= 4 is 11.8 Å². The van der Waals surface area contributed by atoms with E-state index in [0.717, 1.165) is 6.20 Å². The van der Waals surface area contributed by atoms with Crippen LogP contribution in [0.25, 0.3) is 11.3 Å². The highest BCUT2D eigenvalue weighted by Crippen LogP contribution is 2.51. The molecule has 2 aromatic rings. The monoisotopic (exact) mass is 573 g/mol. The zero-order valence-electron chi connectivity index (χ0n) is 21.7. The van der Waals surface area contributed by atoms with E-state index in [0.29, 0.717) is 32.2 Å². The lowest BCUT2D eigenvalue weighted by molar-refractivity contribution is -0.305. The fourth-order valence-corrected chi connectivity index (χ4v) is 5.94. The maximum Gasteiger partial charge on any atom is 0.453 e. The van der Waals surface area contributed by atoms with Crippen molar-refractivity contribution in [3.05, 3.63) is 29.8 Å². The van der Waals surface area contributed by atoms with Crippen LogP contribution >= 0.6 is 0 Å². The number of aromatic amines is 1. The minimum Gasteiger partial charge on any atom is -0.481 e. The molecule has 2 saturated carbocycles. The topological polar surface area (TPSA) is 100 Å². The number of H-pyrrole nitrogens is 1. The van der Waals surface area contributed by atoms with Crippen LogP contribution in [0.1, 0.15) is 61.9 Å². The molecule has 2 aliphatic carbocycles. The summed E-state index contributed by atoms with van der Waals surface area (Å²) in [6, 6.07) is 2.37. The summed E-state index contributed by atoms with van der Waals surface area (Å²) >= 11 is 0. The number of methoxy groups -OCH3 is 1. The average Bonchev–Trinajstić information content (AvgIpc) is 3.49. The summed E-state index contributed by atoms with van der Waals surface area (Å²) in [6.07, 6.45) is -2.92. The summed E-state index contributed by atoms with van der Waals surface area (Å²) < 4.78 is 84.8. The van der Waals surface area contributed by atoms with E-state index in [1.165, 1.54) is 19.2 Å². The number of pyridine rings is 1. The van der Waals surface area contributed by atoms with Crippen LogP contribution in [-0.4, -0.2) is 69.2 Å². The molecular weight excluding hydrogens is 544 g/mol. The smallest absolute Gasteiger partial charge is 0.453 e. The molecule has 3 aliphatic rings. The number of nitrogens with zero attached hydrogens (tertiary/aromatic N) is 3. The zero-order chi connectivity index (χ0) is 28.9. The second-order valence-corrected chi connectivity index (χ2v) is 10.9. The molecule has 5 rings (SSSR count). The van der Waals surface area contributed by atoms with Crippen LogP contribution < -0.4 is 10.1 Å². The van der Waals surface area contributed by atoms with Crippen LogP contribution in [0.2, 0.25) is 0 Å². The van der Waals surface area contributed by atoms with Gasteiger partial charge < -0.3 is 15.0 Å². The third-order valence-electron chi connectivity index (χ3n) is 8.43. The Morgan fingerprint density at radius 2 is 1.80 bits per heavy atom. The number of nitrogens with one attached hydrogen (secondary N) is 2. The number of aromatic nitrogens is 3. The van der Waals surface area contributed by atoms with Gasteiger partial charge in [-0.05, 0) is 57.4 Å². The van der Waals surface area contributed by atoms with Gasteiger partial charge in [-0.2, -0.15) is 27.1 Å². The molecule has 3 fully saturated rings. The summed E-state index contributed by atoms with van der Waals surface area (Å²) in [4.78, 5) is 31.9. The Kier molecular flexibility index (Phi) is 7.24. The van der Waals surface area contributed by atoms with Crippen LogP contribution in [0.3, 0.4) is 0 Å². The number of ether oxygens (including phenoxy) is 1. The highest BCUT2D eigenvalue weighted by Gasteiger charge is 2.62. The standard InChI is InChI=1S/C26H29F6N5O3/c1-40-21-10-17(18(27)13-33-21)19-11-20(36-35-19)23(39)37-9-6-14(12-24(37)7-8-24)22(38)34-16-4-2-15(3-5-16)25(28,29)26(30,31)32/h10-11,13-16H,2-9,12H2,1H3,(H,34,38)(H,35,36)/t14-,15?,16?/m0/s1. The largest absolute Gasteiger partial charge is 0.481 e. The number of hydrogen-bond donors (Lipinski definition) is 2. The van der Waals surface area contributed by atoms with Crippen LogP contribution in [0.15, 0.2) is 18.3 Å². The Bertz CT molecular complexity index is 1270. The molecule has 1 spiro atoms. The van der Waals surface area contributed by atoms with E-state index in [9.17, 15) is 35.9 Å². The van der Waals surface area contributed by atoms with E-state index < -0.39 is 41.3 Å². The van der Waals surface area contributed by atoms with E-state index in [2.05, 4.69) is 20.5 Å². The number of amides is 2. The lowest BCUT2D eigenvalue weighted by Crippen LogP contribution is -2.52. The number of hydrogen-bond acceptors (Lipinski definition) is 5. The van der Waals surface area contributed by atoms with Gasteiger partial charge in [-0.1, -0.05) is 0 Å². The Balaban J connectivity index is 1.18. The summed E-state index contributed by atoms with van der Waals surface area (Å²) in [5.74, 6) is -7.96. The van der Waals surface area contributed by atoms with Crippen molar-refractivity contribution in [2.45, 2.75) is 75.0 Å². The fourth-order valence-electron chi connectivity index (χ4n) is 5.94. The number of likely N-dealkylation sites (tertiary alicyclic amines) is 1. The predicted molar refractivity (Wildman–Crippen MR) is 129 cm³/mol. The van der Waals surface area contributed by atoms with Crippen LogP contribution in [0.5, 0.6) is 5.88 Å². The minimum absolute atomic E-state index is 0.0522. The van der Waals surface area contributed by atoms with Crippen molar-refractivity contribution < 1.29 is 40.7 Å². The molecule has 1 saturated heterocycles. The first-order chi connectivity index (χ1) is 18.8. The molecule has 2 amide bonds. The number of halogens is 6. The van der Waals surface area contributed by atoms with E-state index in [1.54, 1.807) is 4.90 Å². The third kappa shape index (κ3) is 5.24. The van der Waals surface area contributed by atoms with E-state index in [1.807, 2.05) is 0 Å². The van der Waals surface area contributed by atoms with Gasteiger partial charge in [-0.15, -0.1) is 0 Å². The van der Waals surface area contributed by atoms with Gasteiger partial charge in [0.2, 0.25) is 11.8 Å². The van der Waals surface area contributed by atoms with Gasteiger partial charge in [0.05, 0.1) is 19.0 Å². The van der Waals surface area contributed by atoms with E-state index in [-0.39, 0.29) is 60.3 Å². The van der Waals surface area contributed by atoms with E-state index in [4.69, 9.17) is 4.74 Å². The summed E-state index contributed by atoms with van der Waals surface area (Å²) in [5.41, 5.74) is 0.00478. The molecule has 1 aliphatic heterocycles. The van der Waals surface area contributed by atoms with Crippen molar-refractivity contribution in [2.75, 3.05) is 13.7 Å². The van der Waals surface area contributed by atoms with Crippen molar-refractivity contribution in [1.82, 2.24) is 25.4 Å². The lowest BCUT2D eigenvalue weighted by Gasteiger charge is -2.40. The van der Waals surface area contributed by atoms with Crippen molar-refractivity contribution in [2.24, 2.45) is 11.8 Å². The lowest BCUT2D eigenvalue weighted by atomic mass is 9.81. The second kappa shape index (κ2) is 10.3. The first-order valence-electron chi connectivity index (χ1n) is 13.2.